The fourth-order valence-corrected chi connectivity index (χ4v) is 4.34. The molecule has 0 aromatic carbocycles. The highest BCUT2D eigenvalue weighted by molar-refractivity contribution is 5.82. The number of hydrogen-bond donors (Lipinski definition) is 0. The van der Waals surface area contributed by atoms with Gasteiger partial charge in [0.1, 0.15) is 24.8 Å². The summed E-state index contributed by atoms with van der Waals surface area (Å²) < 4.78 is 1.60. The normalized spacial score (nSPS) is 22.3. The highest BCUT2D eigenvalue weighted by Gasteiger charge is 2.36. The van der Waals surface area contributed by atoms with Crippen LogP contribution in [0.1, 0.15) is 25.7 Å². The molecule has 158 valence electrons. The molecule has 2 aliphatic heterocycles. The van der Waals surface area contributed by atoms with Crippen molar-refractivity contribution in [1.82, 2.24) is 34.5 Å². The maximum absolute atomic E-state index is 13.1. The van der Waals surface area contributed by atoms with Crippen LogP contribution in [0, 0.1) is 11.8 Å². The zero-order valence-electron chi connectivity index (χ0n) is 16.9. The highest BCUT2D eigenvalue weighted by Crippen LogP contribution is 2.31. The van der Waals surface area contributed by atoms with Gasteiger partial charge in [0.2, 0.25) is 11.8 Å². The molecule has 10 nitrogen and oxygen atoms in total. The van der Waals surface area contributed by atoms with Crippen molar-refractivity contribution in [3.8, 4) is 5.82 Å². The maximum Gasteiger partial charge on any atom is 0.227 e. The lowest BCUT2D eigenvalue weighted by molar-refractivity contribution is -0.142. The summed E-state index contributed by atoms with van der Waals surface area (Å²) in [5, 5.41) is 4.12. The summed E-state index contributed by atoms with van der Waals surface area (Å²) in [6, 6.07) is 1.88. The number of hydrogen-bond acceptors (Lipinski definition) is 7. The quantitative estimate of drug-likeness (QED) is 0.717. The van der Waals surface area contributed by atoms with Gasteiger partial charge in [0.05, 0.1) is 5.92 Å². The first-order valence-corrected chi connectivity index (χ1v) is 10.7. The fourth-order valence-electron chi connectivity index (χ4n) is 4.34. The van der Waals surface area contributed by atoms with E-state index in [2.05, 4.69) is 25.0 Å². The van der Waals surface area contributed by atoms with Crippen molar-refractivity contribution >= 4 is 17.6 Å². The van der Waals surface area contributed by atoms with Crippen LogP contribution in [-0.2, 0) is 9.59 Å². The van der Waals surface area contributed by atoms with Crippen LogP contribution in [-0.4, -0.2) is 85.6 Å². The molecule has 3 fully saturated rings. The molecule has 2 amide bonds. The van der Waals surface area contributed by atoms with Crippen molar-refractivity contribution in [2.75, 3.05) is 44.2 Å². The van der Waals surface area contributed by atoms with Gasteiger partial charge in [0.15, 0.2) is 5.82 Å². The number of carbonyl (C=O) groups excluding carboxylic acids is 2. The summed E-state index contributed by atoms with van der Waals surface area (Å²) in [5.74, 6) is 2.13. The molecule has 10 heteroatoms. The van der Waals surface area contributed by atoms with E-state index < -0.39 is 0 Å². The number of aromatic nitrogens is 5. The van der Waals surface area contributed by atoms with E-state index in [1.165, 1.54) is 12.7 Å². The summed E-state index contributed by atoms with van der Waals surface area (Å²) >= 11 is 0. The number of piperazine rings is 1. The van der Waals surface area contributed by atoms with Gasteiger partial charge in [-0.2, -0.15) is 5.10 Å². The van der Waals surface area contributed by atoms with Crippen molar-refractivity contribution in [3.63, 3.8) is 0 Å². The van der Waals surface area contributed by atoms with Gasteiger partial charge in [-0.1, -0.05) is 0 Å². The van der Waals surface area contributed by atoms with E-state index in [0.29, 0.717) is 38.5 Å². The number of carbonyl (C=O) groups is 2. The molecule has 3 aliphatic rings. The molecule has 1 atom stereocenters. The number of nitrogens with zero attached hydrogens (tertiary/aromatic N) is 8. The SMILES string of the molecule is O=C(C1CC1)N1CCN(C(=O)C2CCCN(c3cc(-n4cncn4)ncn3)C2)CC1. The molecule has 30 heavy (non-hydrogen) atoms. The largest absolute Gasteiger partial charge is 0.356 e. The van der Waals surface area contributed by atoms with E-state index in [4.69, 9.17) is 0 Å². The van der Waals surface area contributed by atoms with Gasteiger partial charge in [-0.05, 0) is 25.7 Å². The second kappa shape index (κ2) is 8.00. The van der Waals surface area contributed by atoms with Crippen LogP contribution in [0.15, 0.2) is 25.0 Å². The predicted molar refractivity (Wildman–Crippen MR) is 108 cm³/mol. The van der Waals surface area contributed by atoms with Gasteiger partial charge in [0.25, 0.3) is 0 Å². The van der Waals surface area contributed by atoms with E-state index in [0.717, 1.165) is 38.0 Å². The Bertz CT molecular complexity index is 905. The molecule has 2 aromatic heterocycles. The van der Waals surface area contributed by atoms with Crippen molar-refractivity contribution in [3.05, 3.63) is 25.0 Å². The first-order valence-electron chi connectivity index (χ1n) is 10.7. The molecule has 0 spiro atoms. The second-order valence-corrected chi connectivity index (χ2v) is 8.28. The summed E-state index contributed by atoms with van der Waals surface area (Å²) in [7, 11) is 0. The van der Waals surface area contributed by atoms with Gasteiger partial charge >= 0.3 is 0 Å². The molecular formula is C20H26N8O2. The fraction of sp³-hybridized carbons (Fsp3) is 0.600. The Balaban J connectivity index is 1.21. The standard InChI is InChI=1S/C20H26N8O2/c29-19(15-3-4-15)25-6-8-26(9-7-25)20(30)16-2-1-5-27(11-16)17-10-18(23-13-22-17)28-14-21-12-24-28/h10,12-16H,1-9,11H2. The van der Waals surface area contributed by atoms with E-state index >= 15 is 0 Å². The predicted octanol–water partition coefficient (Wildman–Crippen LogP) is 0.355. The monoisotopic (exact) mass is 410 g/mol. The van der Waals surface area contributed by atoms with Crippen molar-refractivity contribution in [1.29, 1.82) is 0 Å². The van der Waals surface area contributed by atoms with E-state index in [1.807, 2.05) is 15.9 Å². The highest BCUT2D eigenvalue weighted by atomic mass is 16.2. The lowest BCUT2D eigenvalue weighted by Crippen LogP contribution is -2.54. The lowest BCUT2D eigenvalue weighted by atomic mass is 9.96. The topological polar surface area (TPSA) is 100 Å². The summed E-state index contributed by atoms with van der Waals surface area (Å²) in [6.07, 6.45) is 8.47. The molecular weight excluding hydrogens is 384 g/mol. The summed E-state index contributed by atoms with van der Waals surface area (Å²) in [4.78, 5) is 44.0. The Morgan fingerprint density at radius 1 is 0.833 bits per heavy atom. The zero-order valence-corrected chi connectivity index (χ0v) is 16.9. The Morgan fingerprint density at radius 2 is 1.53 bits per heavy atom. The van der Waals surface area contributed by atoms with E-state index in [1.54, 1.807) is 11.0 Å². The molecule has 1 unspecified atom stereocenters. The van der Waals surface area contributed by atoms with Gasteiger partial charge < -0.3 is 14.7 Å². The third-order valence-corrected chi connectivity index (χ3v) is 6.22. The maximum atomic E-state index is 13.1. The summed E-state index contributed by atoms with van der Waals surface area (Å²) in [6.45, 7) is 4.10. The van der Waals surface area contributed by atoms with Gasteiger partial charge in [-0.25, -0.2) is 19.6 Å². The third-order valence-electron chi connectivity index (χ3n) is 6.22. The molecule has 1 aliphatic carbocycles. The van der Waals surface area contributed by atoms with Crippen LogP contribution in [0.2, 0.25) is 0 Å². The molecule has 0 radical (unpaired) electrons. The van der Waals surface area contributed by atoms with Crippen molar-refractivity contribution < 1.29 is 9.59 Å². The number of piperidine rings is 1. The molecule has 0 N–H and O–H groups in total. The van der Waals surface area contributed by atoms with Crippen LogP contribution in [0.4, 0.5) is 5.82 Å². The van der Waals surface area contributed by atoms with Gasteiger partial charge in [0, 0.05) is 51.3 Å². The smallest absolute Gasteiger partial charge is 0.227 e. The van der Waals surface area contributed by atoms with E-state index in [9.17, 15) is 9.59 Å². The number of amides is 2. The zero-order chi connectivity index (χ0) is 20.5. The van der Waals surface area contributed by atoms with Crippen LogP contribution in [0.5, 0.6) is 0 Å². The Morgan fingerprint density at radius 3 is 2.20 bits per heavy atom. The van der Waals surface area contributed by atoms with Crippen LogP contribution in [0.3, 0.4) is 0 Å². The van der Waals surface area contributed by atoms with Crippen LogP contribution in [0.25, 0.3) is 5.82 Å². The minimum atomic E-state index is -0.0470. The average molecular weight is 410 g/mol. The first-order chi connectivity index (χ1) is 14.7. The average Bonchev–Trinajstić information content (AvgIpc) is 3.52. The third kappa shape index (κ3) is 3.86. The molecule has 1 saturated carbocycles. The van der Waals surface area contributed by atoms with Crippen molar-refractivity contribution in [2.24, 2.45) is 11.8 Å². The Hall–Kier alpha value is -3.04. The molecule has 5 rings (SSSR count). The second-order valence-electron chi connectivity index (χ2n) is 8.28. The Kier molecular flexibility index (Phi) is 5.06. The molecule has 2 saturated heterocycles. The van der Waals surface area contributed by atoms with Gasteiger partial charge in [-0.15, -0.1) is 0 Å². The summed E-state index contributed by atoms with van der Waals surface area (Å²) in [5.41, 5.74) is 0. The molecule has 4 heterocycles. The number of anilines is 1. The van der Waals surface area contributed by atoms with Gasteiger partial charge in [-0.3, -0.25) is 9.59 Å². The van der Waals surface area contributed by atoms with Crippen LogP contribution >= 0.6 is 0 Å². The molecule has 0 bridgehead atoms. The minimum Gasteiger partial charge on any atom is -0.356 e. The molecule has 2 aromatic rings. The van der Waals surface area contributed by atoms with E-state index in [-0.39, 0.29) is 23.7 Å². The first kappa shape index (κ1) is 19.0. The lowest BCUT2D eigenvalue weighted by Gasteiger charge is -2.39. The van der Waals surface area contributed by atoms with Crippen molar-refractivity contribution in [2.45, 2.75) is 25.7 Å². The Labute approximate surface area is 174 Å². The van der Waals surface area contributed by atoms with Crippen LogP contribution < -0.4 is 4.90 Å². The number of rotatable bonds is 4. The minimum absolute atomic E-state index is 0.0470.